The van der Waals surface area contributed by atoms with Gasteiger partial charge in [-0.25, -0.2) is 9.78 Å². The Hall–Kier alpha value is -1.47. The van der Waals surface area contributed by atoms with Gasteiger partial charge in [0, 0.05) is 44.6 Å². The molecule has 1 atom stereocenters. The number of hydrogen-bond donors (Lipinski definition) is 2. The maximum atomic E-state index is 11.6. The number of aromatic nitrogens is 1. The fourth-order valence-electron chi connectivity index (χ4n) is 1.36. The predicted octanol–water partition coefficient (Wildman–Crippen LogP) is 0.682. The number of carbonyl (C=O) groups is 2. The second kappa shape index (κ2) is 7.78. The average Bonchev–Trinajstić information content (AvgIpc) is 2.84. The molecule has 0 aromatic carbocycles. The molecule has 2 N–H and O–H groups in total. The van der Waals surface area contributed by atoms with Gasteiger partial charge in [0.05, 0.1) is 5.01 Å². The van der Waals surface area contributed by atoms with E-state index in [4.69, 9.17) is 9.84 Å². The molecule has 1 heterocycles. The van der Waals surface area contributed by atoms with Crippen LogP contribution in [0.15, 0.2) is 11.6 Å². The number of ether oxygens (including phenoxy) is 1. The van der Waals surface area contributed by atoms with Crippen LogP contribution < -0.4 is 5.32 Å². The Morgan fingerprint density at radius 1 is 1.61 bits per heavy atom. The Labute approximate surface area is 109 Å². The van der Waals surface area contributed by atoms with Gasteiger partial charge in [0.2, 0.25) is 5.91 Å². The summed E-state index contributed by atoms with van der Waals surface area (Å²) in [5.41, 5.74) is 0. The van der Waals surface area contributed by atoms with Gasteiger partial charge in [0.25, 0.3) is 0 Å². The van der Waals surface area contributed by atoms with E-state index in [9.17, 15) is 9.59 Å². The first-order chi connectivity index (χ1) is 8.63. The first-order valence-electron chi connectivity index (χ1n) is 5.53. The van der Waals surface area contributed by atoms with E-state index in [-0.39, 0.29) is 18.7 Å². The van der Waals surface area contributed by atoms with Gasteiger partial charge in [-0.15, -0.1) is 11.3 Å². The summed E-state index contributed by atoms with van der Waals surface area (Å²) in [6.45, 7) is 0.295. The van der Waals surface area contributed by atoms with Crippen molar-refractivity contribution in [1.82, 2.24) is 10.3 Å². The SMILES string of the molecule is COCCC(NC(=O)CCc1nccs1)C(=O)O. The molecule has 0 radical (unpaired) electrons. The van der Waals surface area contributed by atoms with Crippen LogP contribution in [-0.2, 0) is 20.7 Å². The number of aliphatic carboxylic acids is 1. The first-order valence-corrected chi connectivity index (χ1v) is 6.41. The molecule has 0 aliphatic rings. The van der Waals surface area contributed by atoms with Gasteiger partial charge in [-0.05, 0) is 0 Å². The highest BCUT2D eigenvalue weighted by Crippen LogP contribution is 2.06. The number of aryl methyl sites for hydroxylation is 1. The van der Waals surface area contributed by atoms with Crippen molar-refractivity contribution in [1.29, 1.82) is 0 Å². The van der Waals surface area contributed by atoms with Gasteiger partial charge >= 0.3 is 5.97 Å². The molecule has 1 aromatic heterocycles. The minimum atomic E-state index is -1.05. The molecular weight excluding hydrogens is 256 g/mol. The van der Waals surface area contributed by atoms with Gasteiger partial charge in [-0.1, -0.05) is 0 Å². The van der Waals surface area contributed by atoms with E-state index in [1.54, 1.807) is 6.20 Å². The van der Waals surface area contributed by atoms with Crippen molar-refractivity contribution in [2.45, 2.75) is 25.3 Å². The van der Waals surface area contributed by atoms with E-state index in [2.05, 4.69) is 10.3 Å². The number of methoxy groups -OCH3 is 1. The molecular formula is C11H16N2O4S. The smallest absolute Gasteiger partial charge is 0.326 e. The van der Waals surface area contributed by atoms with Crippen LogP contribution in [0.25, 0.3) is 0 Å². The molecule has 100 valence electrons. The van der Waals surface area contributed by atoms with E-state index in [1.165, 1.54) is 18.4 Å². The summed E-state index contributed by atoms with van der Waals surface area (Å²) in [4.78, 5) is 26.5. The van der Waals surface area contributed by atoms with Crippen molar-refractivity contribution in [3.05, 3.63) is 16.6 Å². The summed E-state index contributed by atoms with van der Waals surface area (Å²) >= 11 is 1.48. The Morgan fingerprint density at radius 3 is 2.94 bits per heavy atom. The Balaban J connectivity index is 2.34. The molecule has 0 saturated heterocycles. The lowest BCUT2D eigenvalue weighted by molar-refractivity contribution is -0.142. The van der Waals surface area contributed by atoms with Gasteiger partial charge in [0.1, 0.15) is 6.04 Å². The van der Waals surface area contributed by atoms with E-state index in [0.717, 1.165) is 5.01 Å². The van der Waals surface area contributed by atoms with Crippen molar-refractivity contribution in [2.24, 2.45) is 0 Å². The number of thiazole rings is 1. The zero-order valence-corrected chi connectivity index (χ0v) is 10.9. The number of rotatable bonds is 8. The lowest BCUT2D eigenvalue weighted by Crippen LogP contribution is -2.41. The number of carboxylic acids is 1. The van der Waals surface area contributed by atoms with Gasteiger partial charge in [-0.2, -0.15) is 0 Å². The third-order valence-corrected chi connectivity index (χ3v) is 3.13. The molecule has 6 nitrogen and oxygen atoms in total. The van der Waals surface area contributed by atoms with Crippen molar-refractivity contribution < 1.29 is 19.4 Å². The van der Waals surface area contributed by atoms with E-state index >= 15 is 0 Å². The molecule has 1 aromatic rings. The topological polar surface area (TPSA) is 88.5 Å². The van der Waals surface area contributed by atoms with Crippen molar-refractivity contribution >= 4 is 23.2 Å². The molecule has 18 heavy (non-hydrogen) atoms. The standard InChI is InChI=1S/C11H16N2O4S/c1-17-6-4-8(11(15)16)13-9(14)2-3-10-12-5-7-18-10/h5,7-8H,2-4,6H2,1H3,(H,13,14)(H,15,16). The maximum absolute atomic E-state index is 11.6. The summed E-state index contributed by atoms with van der Waals surface area (Å²) in [5, 5.41) is 14.1. The molecule has 0 fully saturated rings. The van der Waals surface area contributed by atoms with Crippen LogP contribution in [-0.4, -0.2) is 41.7 Å². The highest BCUT2D eigenvalue weighted by molar-refractivity contribution is 7.09. The fraction of sp³-hybridized carbons (Fsp3) is 0.545. The zero-order valence-electron chi connectivity index (χ0n) is 10.1. The summed E-state index contributed by atoms with van der Waals surface area (Å²) in [6.07, 6.45) is 2.70. The molecule has 1 unspecified atom stereocenters. The van der Waals surface area contributed by atoms with Crippen LogP contribution in [0.4, 0.5) is 0 Å². The van der Waals surface area contributed by atoms with Crippen LogP contribution in [0.5, 0.6) is 0 Å². The minimum absolute atomic E-state index is 0.240. The third-order valence-electron chi connectivity index (χ3n) is 2.29. The molecule has 1 rings (SSSR count). The molecule has 0 aliphatic carbocycles. The fourth-order valence-corrected chi connectivity index (χ4v) is 1.98. The van der Waals surface area contributed by atoms with Crippen LogP contribution >= 0.6 is 11.3 Å². The Bertz CT molecular complexity index is 380. The van der Waals surface area contributed by atoms with Gasteiger partial charge in [0.15, 0.2) is 0 Å². The van der Waals surface area contributed by atoms with Crippen LogP contribution in [0, 0.1) is 0 Å². The number of amides is 1. The summed E-state index contributed by atoms with van der Waals surface area (Å²) in [6, 6.07) is -0.895. The highest BCUT2D eigenvalue weighted by Gasteiger charge is 2.19. The van der Waals surface area contributed by atoms with Gasteiger partial charge < -0.3 is 15.2 Å². The molecule has 7 heteroatoms. The van der Waals surface area contributed by atoms with E-state index in [0.29, 0.717) is 13.0 Å². The molecule has 1 amide bonds. The quantitative estimate of drug-likeness (QED) is 0.726. The first kappa shape index (κ1) is 14.6. The second-order valence-corrected chi connectivity index (χ2v) is 4.64. The third kappa shape index (κ3) is 5.24. The number of carbonyl (C=O) groups excluding carboxylic acids is 1. The summed E-state index contributed by atoms with van der Waals surface area (Å²) in [5.74, 6) is -1.33. The van der Waals surface area contributed by atoms with Crippen molar-refractivity contribution in [3.8, 4) is 0 Å². The number of hydrogen-bond acceptors (Lipinski definition) is 5. The largest absolute Gasteiger partial charge is 0.480 e. The molecule has 0 aliphatic heterocycles. The second-order valence-electron chi connectivity index (χ2n) is 3.67. The predicted molar refractivity (Wildman–Crippen MR) is 66.5 cm³/mol. The lowest BCUT2D eigenvalue weighted by atomic mass is 10.2. The lowest BCUT2D eigenvalue weighted by Gasteiger charge is -2.13. The summed E-state index contributed by atoms with van der Waals surface area (Å²) in [7, 11) is 1.49. The number of carboxylic acid groups (broad SMARTS) is 1. The molecule has 0 saturated carbocycles. The van der Waals surface area contributed by atoms with Crippen LogP contribution in [0.1, 0.15) is 17.8 Å². The zero-order chi connectivity index (χ0) is 13.4. The monoisotopic (exact) mass is 272 g/mol. The average molecular weight is 272 g/mol. The van der Waals surface area contributed by atoms with Crippen molar-refractivity contribution in [3.63, 3.8) is 0 Å². The van der Waals surface area contributed by atoms with Crippen molar-refractivity contribution in [2.75, 3.05) is 13.7 Å². The van der Waals surface area contributed by atoms with E-state index < -0.39 is 12.0 Å². The normalized spacial score (nSPS) is 12.1. The summed E-state index contributed by atoms with van der Waals surface area (Å²) < 4.78 is 4.80. The highest BCUT2D eigenvalue weighted by atomic mass is 32.1. The minimum Gasteiger partial charge on any atom is -0.480 e. The number of nitrogens with zero attached hydrogens (tertiary/aromatic N) is 1. The van der Waals surface area contributed by atoms with Gasteiger partial charge in [-0.3, -0.25) is 4.79 Å². The van der Waals surface area contributed by atoms with Crippen LogP contribution in [0.2, 0.25) is 0 Å². The Kier molecular flexibility index (Phi) is 6.31. The molecule has 0 spiro atoms. The van der Waals surface area contributed by atoms with Crippen LogP contribution in [0.3, 0.4) is 0 Å². The molecule has 0 bridgehead atoms. The number of nitrogens with one attached hydrogen (secondary N) is 1. The maximum Gasteiger partial charge on any atom is 0.326 e. The Morgan fingerprint density at radius 2 is 2.39 bits per heavy atom. The van der Waals surface area contributed by atoms with E-state index in [1.807, 2.05) is 5.38 Å².